The first kappa shape index (κ1) is 26.2. The van der Waals surface area contributed by atoms with Gasteiger partial charge in [0.05, 0.1) is 23.2 Å². The number of imidazole rings is 1. The number of halogens is 1. The molecule has 1 unspecified atom stereocenters. The topological polar surface area (TPSA) is 63.4 Å². The number of fused-ring (bicyclic) bond motifs is 1. The van der Waals surface area contributed by atoms with Crippen molar-refractivity contribution in [3.63, 3.8) is 0 Å². The second-order valence-corrected chi connectivity index (χ2v) is 11.3. The van der Waals surface area contributed by atoms with Crippen LogP contribution in [-0.4, -0.2) is 94.8 Å². The third-order valence-corrected chi connectivity index (χ3v) is 8.85. The van der Waals surface area contributed by atoms with E-state index in [0.717, 1.165) is 98.7 Å². The maximum Gasteiger partial charge on any atom is 0.191 e. The fourth-order valence-electron chi connectivity index (χ4n) is 5.64. The lowest BCUT2D eigenvalue weighted by molar-refractivity contribution is 0.166. The van der Waals surface area contributed by atoms with Gasteiger partial charge in [0, 0.05) is 76.5 Å². The van der Waals surface area contributed by atoms with Gasteiger partial charge in [-0.3, -0.25) is 14.2 Å². The third kappa shape index (κ3) is 5.51. The lowest BCUT2D eigenvalue weighted by Crippen LogP contribution is -2.48. The summed E-state index contributed by atoms with van der Waals surface area (Å²) >= 11 is 1.58. The highest BCUT2D eigenvalue weighted by Crippen LogP contribution is 2.34. The molecule has 10 heteroatoms. The summed E-state index contributed by atoms with van der Waals surface area (Å²) in [5, 5.41) is 12.7. The van der Waals surface area contributed by atoms with E-state index in [-0.39, 0.29) is 11.9 Å². The van der Waals surface area contributed by atoms with E-state index in [9.17, 15) is 9.50 Å². The van der Waals surface area contributed by atoms with Crippen molar-refractivity contribution < 1.29 is 9.50 Å². The summed E-state index contributed by atoms with van der Waals surface area (Å²) in [5.41, 5.74) is 4.91. The van der Waals surface area contributed by atoms with Crippen LogP contribution in [0.25, 0.3) is 16.9 Å². The second kappa shape index (κ2) is 11.2. The lowest BCUT2D eigenvalue weighted by Gasteiger charge is -2.36. The number of aromatic nitrogens is 3. The van der Waals surface area contributed by atoms with Crippen molar-refractivity contribution in [1.82, 2.24) is 24.2 Å². The van der Waals surface area contributed by atoms with Crippen LogP contribution in [0.1, 0.15) is 19.0 Å². The van der Waals surface area contributed by atoms with E-state index in [1.165, 1.54) is 17.8 Å². The summed E-state index contributed by atoms with van der Waals surface area (Å²) in [7, 11) is 2.04. The molecule has 3 aromatic heterocycles. The fourth-order valence-corrected chi connectivity index (χ4v) is 6.44. The zero-order valence-corrected chi connectivity index (χ0v) is 23.4. The highest BCUT2D eigenvalue weighted by Gasteiger charge is 2.24. The van der Waals surface area contributed by atoms with E-state index < -0.39 is 0 Å². The molecule has 39 heavy (non-hydrogen) atoms. The first-order valence-electron chi connectivity index (χ1n) is 13.8. The van der Waals surface area contributed by atoms with Crippen LogP contribution in [0.3, 0.4) is 0 Å². The molecule has 2 saturated heterocycles. The number of pyridine rings is 1. The Morgan fingerprint density at radius 3 is 2.49 bits per heavy atom. The minimum absolute atomic E-state index is 0.149. The normalized spacial score (nSPS) is 18.9. The molecule has 0 spiro atoms. The Hall–Kier alpha value is -3.05. The van der Waals surface area contributed by atoms with E-state index >= 15 is 0 Å². The van der Waals surface area contributed by atoms with Gasteiger partial charge >= 0.3 is 0 Å². The van der Waals surface area contributed by atoms with Gasteiger partial charge in [-0.2, -0.15) is 0 Å². The number of aryl methyl sites for hydroxylation is 1. The van der Waals surface area contributed by atoms with Crippen LogP contribution in [0.2, 0.25) is 0 Å². The largest absolute Gasteiger partial charge is 0.392 e. The van der Waals surface area contributed by atoms with Crippen molar-refractivity contribution in [2.75, 3.05) is 69.2 Å². The van der Waals surface area contributed by atoms with Crippen molar-refractivity contribution >= 4 is 33.6 Å². The molecule has 1 aromatic carbocycles. The number of thiazole rings is 1. The summed E-state index contributed by atoms with van der Waals surface area (Å²) in [5.74, 6) is 0.783. The minimum atomic E-state index is -0.246. The van der Waals surface area contributed by atoms with Crippen LogP contribution in [0.15, 0.2) is 48.0 Å². The summed E-state index contributed by atoms with van der Waals surface area (Å²) in [6, 6.07) is 10.8. The van der Waals surface area contributed by atoms with Crippen LogP contribution in [-0.2, 0) is 6.42 Å². The predicted octanol–water partition coefficient (Wildman–Crippen LogP) is 4.12. The van der Waals surface area contributed by atoms with E-state index in [0.29, 0.717) is 0 Å². The van der Waals surface area contributed by atoms with Gasteiger partial charge in [0.2, 0.25) is 0 Å². The number of β-amino-alcohol motifs (C(OH)–C–C–N with tert-alkyl or cyclic N) is 1. The number of aliphatic hydroxyl groups excluding tert-OH is 1. The average Bonchev–Trinajstić information content (AvgIpc) is 3.70. The second-order valence-electron chi connectivity index (χ2n) is 10.5. The molecule has 6 rings (SSSR count). The van der Waals surface area contributed by atoms with E-state index in [4.69, 9.17) is 9.97 Å². The third-order valence-electron chi connectivity index (χ3n) is 7.94. The molecule has 0 radical (unpaired) electrons. The molecule has 0 bridgehead atoms. The van der Waals surface area contributed by atoms with E-state index in [1.807, 2.05) is 12.4 Å². The number of likely N-dealkylation sites (tertiary alicyclic amines) is 1. The molecule has 0 amide bonds. The first-order valence-corrected chi connectivity index (χ1v) is 14.7. The SMILES string of the molecule is CCc1nc2ccc(N3CCN(CCN4CCC(O)C4)CC3)cn2c1N(C)c1nc(-c2ccc(F)cc2)cs1. The van der Waals surface area contributed by atoms with Gasteiger partial charge in [-0.05, 0) is 49.2 Å². The quantitative estimate of drug-likeness (QED) is 0.355. The number of anilines is 3. The maximum absolute atomic E-state index is 13.4. The highest BCUT2D eigenvalue weighted by molar-refractivity contribution is 7.14. The predicted molar refractivity (Wildman–Crippen MR) is 156 cm³/mol. The maximum atomic E-state index is 13.4. The van der Waals surface area contributed by atoms with Crippen molar-refractivity contribution in [3.8, 4) is 11.3 Å². The number of aliphatic hydroxyl groups is 1. The number of rotatable bonds is 8. The lowest BCUT2D eigenvalue weighted by atomic mass is 10.2. The van der Waals surface area contributed by atoms with Gasteiger partial charge in [-0.15, -0.1) is 11.3 Å². The molecule has 0 saturated carbocycles. The summed E-state index contributed by atoms with van der Waals surface area (Å²) in [6.45, 7) is 10.1. The number of nitrogens with zero attached hydrogens (tertiary/aromatic N) is 7. The zero-order chi connectivity index (χ0) is 26.9. The molecular formula is C29H36FN7OS. The standard InChI is InChI=1S/C29H36FN7OS/c1-3-25-28(33(2)29-32-26(20-39-29)21-4-6-22(30)7-5-21)37-18-23(8-9-27(37)31-25)36-16-14-34(15-17-36)12-13-35-11-10-24(38)19-35/h4-9,18,20,24,38H,3,10-17,19H2,1-2H3. The van der Waals surface area contributed by atoms with Gasteiger partial charge in [-0.25, -0.2) is 14.4 Å². The van der Waals surface area contributed by atoms with E-state index in [1.54, 1.807) is 23.5 Å². The fraction of sp³-hybridized carbons (Fsp3) is 0.448. The molecule has 5 heterocycles. The van der Waals surface area contributed by atoms with Crippen LogP contribution >= 0.6 is 11.3 Å². The Morgan fingerprint density at radius 2 is 1.77 bits per heavy atom. The molecular weight excluding hydrogens is 513 g/mol. The Labute approximate surface area is 232 Å². The molecule has 1 atom stereocenters. The Morgan fingerprint density at radius 1 is 1.00 bits per heavy atom. The molecule has 1 N–H and O–H groups in total. The molecule has 2 aliphatic heterocycles. The van der Waals surface area contributed by atoms with Crippen LogP contribution < -0.4 is 9.80 Å². The highest BCUT2D eigenvalue weighted by atomic mass is 32.1. The molecule has 2 aliphatic rings. The summed E-state index contributed by atoms with van der Waals surface area (Å²) < 4.78 is 15.6. The van der Waals surface area contributed by atoms with E-state index in [2.05, 4.69) is 49.3 Å². The number of hydrogen-bond acceptors (Lipinski definition) is 8. The van der Waals surface area contributed by atoms with Crippen LogP contribution in [0, 0.1) is 5.82 Å². The van der Waals surface area contributed by atoms with Gasteiger partial charge in [0.1, 0.15) is 17.3 Å². The molecule has 4 aromatic rings. The van der Waals surface area contributed by atoms with Gasteiger partial charge in [-0.1, -0.05) is 6.92 Å². The molecule has 206 valence electrons. The average molecular weight is 550 g/mol. The molecule has 2 fully saturated rings. The van der Waals surface area contributed by atoms with Gasteiger partial charge < -0.3 is 14.9 Å². The van der Waals surface area contributed by atoms with Gasteiger partial charge in [0.15, 0.2) is 5.13 Å². The minimum Gasteiger partial charge on any atom is -0.392 e. The van der Waals surface area contributed by atoms with Crippen LogP contribution in [0.5, 0.6) is 0 Å². The Balaban J connectivity index is 1.18. The van der Waals surface area contributed by atoms with Crippen molar-refractivity contribution in [2.24, 2.45) is 0 Å². The Kier molecular flexibility index (Phi) is 7.53. The first-order chi connectivity index (χ1) is 19.0. The zero-order valence-electron chi connectivity index (χ0n) is 22.6. The van der Waals surface area contributed by atoms with Gasteiger partial charge in [0.25, 0.3) is 0 Å². The summed E-state index contributed by atoms with van der Waals surface area (Å²) in [4.78, 5) is 19.3. The van der Waals surface area contributed by atoms with Crippen molar-refractivity contribution in [2.45, 2.75) is 25.9 Å². The van der Waals surface area contributed by atoms with Crippen LogP contribution in [0.4, 0.5) is 21.0 Å². The number of benzene rings is 1. The number of piperazine rings is 1. The smallest absolute Gasteiger partial charge is 0.191 e. The number of hydrogen-bond donors (Lipinski definition) is 1. The molecule has 0 aliphatic carbocycles. The monoisotopic (exact) mass is 549 g/mol. The summed E-state index contributed by atoms with van der Waals surface area (Å²) in [6.07, 6.45) is 3.78. The van der Waals surface area contributed by atoms with Crippen molar-refractivity contribution in [3.05, 3.63) is 59.5 Å². The molecule has 8 nitrogen and oxygen atoms in total. The Bertz CT molecular complexity index is 1410. The van der Waals surface area contributed by atoms with Crippen molar-refractivity contribution in [1.29, 1.82) is 0 Å².